The van der Waals surface area contributed by atoms with Gasteiger partial charge in [-0.1, -0.05) is 30.3 Å². The lowest BCUT2D eigenvalue weighted by atomic mass is 10.2. The summed E-state index contributed by atoms with van der Waals surface area (Å²) >= 11 is 0. The molecule has 23 heavy (non-hydrogen) atoms. The predicted molar refractivity (Wildman–Crippen MR) is 82.2 cm³/mol. The lowest BCUT2D eigenvalue weighted by Gasteiger charge is -2.06. The van der Waals surface area contributed by atoms with Gasteiger partial charge in [-0.3, -0.25) is 9.20 Å². The van der Waals surface area contributed by atoms with Gasteiger partial charge in [0.2, 0.25) is 0 Å². The Bertz CT molecular complexity index is 885. The molecule has 0 fully saturated rings. The van der Waals surface area contributed by atoms with Crippen molar-refractivity contribution in [3.05, 3.63) is 75.0 Å². The maximum atomic E-state index is 12.2. The highest BCUT2D eigenvalue weighted by molar-refractivity contribution is 5.41. The molecule has 8 nitrogen and oxygen atoms in total. The zero-order valence-corrected chi connectivity index (χ0v) is 12.2. The van der Waals surface area contributed by atoms with E-state index in [4.69, 9.17) is 4.74 Å². The van der Waals surface area contributed by atoms with E-state index in [1.807, 2.05) is 30.3 Å². The number of nitro groups is 1. The van der Waals surface area contributed by atoms with Gasteiger partial charge in [0.15, 0.2) is 0 Å². The molecule has 8 heteroatoms. The van der Waals surface area contributed by atoms with Crippen LogP contribution in [0.3, 0.4) is 0 Å². The molecule has 118 valence electrons. The summed E-state index contributed by atoms with van der Waals surface area (Å²) in [5.41, 5.74) is 0.699. The summed E-state index contributed by atoms with van der Waals surface area (Å²) in [7, 11) is 0. The number of benzene rings is 1. The fraction of sp³-hybridized carbons (Fsp3) is 0.200. The molecule has 0 N–H and O–H groups in total. The number of aromatic nitrogens is 3. The van der Waals surface area contributed by atoms with Gasteiger partial charge in [0.1, 0.15) is 6.20 Å². The molecular weight excluding hydrogens is 300 g/mol. The van der Waals surface area contributed by atoms with Crippen LogP contribution in [0.25, 0.3) is 5.65 Å². The van der Waals surface area contributed by atoms with Crippen LogP contribution in [0.5, 0.6) is 0 Å². The number of nitrogens with zero attached hydrogens (tertiary/aromatic N) is 4. The van der Waals surface area contributed by atoms with Gasteiger partial charge >= 0.3 is 17.0 Å². The Hall–Kier alpha value is -3.00. The molecule has 2 heterocycles. The van der Waals surface area contributed by atoms with Crippen molar-refractivity contribution >= 4 is 11.5 Å². The quantitative estimate of drug-likeness (QED) is 0.392. The lowest BCUT2D eigenvalue weighted by Crippen LogP contribution is -2.23. The molecule has 0 saturated carbocycles. The predicted octanol–water partition coefficient (Wildman–Crippen LogP) is 1.62. The van der Waals surface area contributed by atoms with Gasteiger partial charge < -0.3 is 19.4 Å². The maximum absolute atomic E-state index is 12.2. The first kappa shape index (κ1) is 14.9. The van der Waals surface area contributed by atoms with Crippen molar-refractivity contribution in [2.24, 2.45) is 0 Å². The van der Waals surface area contributed by atoms with Gasteiger partial charge in [0.05, 0.1) is 13.2 Å². The molecule has 0 unspecified atom stereocenters. The average molecular weight is 314 g/mol. The minimum Gasteiger partial charge on any atom is -0.375 e. The van der Waals surface area contributed by atoms with Crippen LogP contribution in [0.1, 0.15) is 5.56 Å². The molecule has 3 rings (SSSR count). The Kier molecular flexibility index (Phi) is 4.15. The van der Waals surface area contributed by atoms with Crippen molar-refractivity contribution in [1.29, 1.82) is 0 Å². The second-order valence-corrected chi connectivity index (χ2v) is 4.92. The van der Waals surface area contributed by atoms with E-state index in [9.17, 15) is 14.9 Å². The minimum absolute atomic E-state index is 0.0299. The molecule has 0 atom stereocenters. The van der Waals surface area contributed by atoms with Crippen molar-refractivity contribution in [3.63, 3.8) is 0 Å². The molecule has 0 radical (unpaired) electrons. The first-order valence-electron chi connectivity index (χ1n) is 6.99. The normalized spacial score (nSPS) is 11.0. The van der Waals surface area contributed by atoms with E-state index in [1.54, 1.807) is 12.4 Å². The maximum Gasteiger partial charge on any atom is 0.382 e. The number of hydrogen-bond acceptors (Lipinski definition) is 5. The summed E-state index contributed by atoms with van der Waals surface area (Å²) in [6.45, 7) is 1.17. The first-order valence-corrected chi connectivity index (χ1v) is 6.99. The van der Waals surface area contributed by atoms with Crippen LogP contribution >= 0.6 is 0 Å². The Morgan fingerprint density at radius 1 is 1.22 bits per heavy atom. The van der Waals surface area contributed by atoms with Crippen molar-refractivity contribution in [2.45, 2.75) is 13.2 Å². The van der Waals surface area contributed by atoms with Gasteiger partial charge in [-0.05, 0) is 15.5 Å². The van der Waals surface area contributed by atoms with Crippen molar-refractivity contribution in [2.75, 3.05) is 6.61 Å². The molecule has 0 aliphatic heterocycles. The van der Waals surface area contributed by atoms with E-state index >= 15 is 0 Å². The molecule has 0 aliphatic carbocycles. The number of imidazole rings is 1. The highest BCUT2D eigenvalue weighted by atomic mass is 16.6. The topological polar surface area (TPSA) is 91.7 Å². The second kappa shape index (κ2) is 6.41. The van der Waals surface area contributed by atoms with Gasteiger partial charge in [-0.15, -0.1) is 0 Å². The van der Waals surface area contributed by atoms with E-state index in [2.05, 4.69) is 4.98 Å². The monoisotopic (exact) mass is 314 g/mol. The molecule has 0 aliphatic rings. The third kappa shape index (κ3) is 3.27. The standard InChI is InChI=1S/C15H14N4O4/c20-15-14-16-13(19(21)22)10-18(14)7-6-17(15)8-9-23-11-12-4-2-1-3-5-12/h1-7,10H,8-9,11H2. The van der Waals surface area contributed by atoms with Gasteiger partial charge in [-0.2, -0.15) is 0 Å². The number of fused-ring (bicyclic) bond motifs is 1. The van der Waals surface area contributed by atoms with Crippen LogP contribution in [0, 0.1) is 10.1 Å². The molecule has 1 aromatic carbocycles. The van der Waals surface area contributed by atoms with Crippen LogP contribution in [0.4, 0.5) is 5.82 Å². The average Bonchev–Trinajstić information content (AvgIpc) is 3.00. The fourth-order valence-corrected chi connectivity index (χ4v) is 2.19. The minimum atomic E-state index is -0.625. The highest BCUT2D eigenvalue weighted by Gasteiger charge is 2.17. The molecule has 0 bridgehead atoms. The van der Waals surface area contributed by atoms with E-state index in [1.165, 1.54) is 15.2 Å². The number of rotatable bonds is 6. The first-order chi connectivity index (χ1) is 11.1. The summed E-state index contributed by atoms with van der Waals surface area (Å²) in [6.07, 6.45) is 4.34. The molecule has 3 aromatic rings. The van der Waals surface area contributed by atoms with Gasteiger partial charge in [0, 0.05) is 18.9 Å². The van der Waals surface area contributed by atoms with Crippen LogP contribution in [0.2, 0.25) is 0 Å². The Morgan fingerprint density at radius 3 is 2.74 bits per heavy atom. The van der Waals surface area contributed by atoms with E-state index < -0.39 is 4.92 Å². The third-order valence-corrected chi connectivity index (χ3v) is 3.35. The van der Waals surface area contributed by atoms with Crippen molar-refractivity contribution in [3.8, 4) is 0 Å². The summed E-state index contributed by atoms with van der Waals surface area (Å²) < 4.78 is 8.32. The lowest BCUT2D eigenvalue weighted by molar-refractivity contribution is -0.389. The van der Waals surface area contributed by atoms with Crippen LogP contribution < -0.4 is 5.56 Å². The summed E-state index contributed by atoms with van der Waals surface area (Å²) in [4.78, 5) is 26.1. The molecule has 2 aromatic heterocycles. The van der Waals surface area contributed by atoms with Crippen molar-refractivity contribution < 1.29 is 9.66 Å². The smallest absolute Gasteiger partial charge is 0.375 e. The summed E-state index contributed by atoms with van der Waals surface area (Å²) in [5, 5.41) is 10.7. The molecule has 0 spiro atoms. The highest BCUT2D eigenvalue weighted by Crippen LogP contribution is 2.08. The van der Waals surface area contributed by atoms with Crippen LogP contribution in [0.15, 0.2) is 53.7 Å². The van der Waals surface area contributed by atoms with Crippen molar-refractivity contribution in [1.82, 2.24) is 14.0 Å². The second-order valence-electron chi connectivity index (χ2n) is 4.92. The SMILES string of the molecule is O=c1c2nc([N+](=O)[O-])cn2ccn1CCOCc1ccccc1. The molecule has 0 amide bonds. The third-order valence-electron chi connectivity index (χ3n) is 3.35. The zero-order chi connectivity index (χ0) is 16.2. The van der Waals surface area contributed by atoms with E-state index in [0.717, 1.165) is 5.56 Å². The summed E-state index contributed by atoms with van der Waals surface area (Å²) in [5.74, 6) is -0.347. The molecular formula is C15H14N4O4. The number of hydrogen-bond donors (Lipinski definition) is 0. The van der Waals surface area contributed by atoms with E-state index in [0.29, 0.717) is 19.8 Å². The Balaban J connectivity index is 1.67. The van der Waals surface area contributed by atoms with Crippen LogP contribution in [-0.4, -0.2) is 25.5 Å². The Morgan fingerprint density at radius 2 is 2.00 bits per heavy atom. The van der Waals surface area contributed by atoms with E-state index in [-0.39, 0.29) is 17.0 Å². The van der Waals surface area contributed by atoms with Crippen LogP contribution in [-0.2, 0) is 17.9 Å². The Labute approximate surface area is 130 Å². The number of ether oxygens (including phenoxy) is 1. The molecule has 0 saturated heterocycles. The summed E-state index contributed by atoms with van der Waals surface area (Å²) in [6, 6.07) is 9.72. The largest absolute Gasteiger partial charge is 0.382 e. The fourth-order valence-electron chi connectivity index (χ4n) is 2.19. The van der Waals surface area contributed by atoms with Gasteiger partial charge in [0.25, 0.3) is 0 Å². The zero-order valence-electron chi connectivity index (χ0n) is 12.2. The van der Waals surface area contributed by atoms with Gasteiger partial charge in [-0.25, -0.2) is 0 Å².